The van der Waals surface area contributed by atoms with Gasteiger partial charge >= 0.3 is 0 Å². The monoisotopic (exact) mass is 494 g/mol. The van der Waals surface area contributed by atoms with Crippen molar-refractivity contribution in [2.24, 2.45) is 35.5 Å². The summed E-state index contributed by atoms with van der Waals surface area (Å²) in [5.41, 5.74) is 2.85. The van der Waals surface area contributed by atoms with Gasteiger partial charge in [-0.15, -0.1) is 0 Å². The van der Waals surface area contributed by atoms with Gasteiger partial charge in [0.1, 0.15) is 6.67 Å². The summed E-state index contributed by atoms with van der Waals surface area (Å²) in [4.78, 5) is 43.7. The first-order valence-corrected chi connectivity index (χ1v) is 12.4. The van der Waals surface area contributed by atoms with Crippen LogP contribution in [0.4, 0.5) is 5.69 Å². The van der Waals surface area contributed by atoms with Gasteiger partial charge in [-0.2, -0.15) is 0 Å². The van der Waals surface area contributed by atoms with Crippen molar-refractivity contribution in [1.29, 1.82) is 0 Å². The highest BCUT2D eigenvalue weighted by Gasteiger charge is 2.67. The van der Waals surface area contributed by atoms with E-state index in [1.807, 2.05) is 32.0 Å². The first-order chi connectivity index (χ1) is 16.3. The maximum Gasteiger partial charge on any atom is 0.259 e. The largest absolute Gasteiger partial charge is 0.289 e. The fourth-order valence-corrected chi connectivity index (χ4v) is 6.64. The molecule has 6 unspecified atom stereocenters. The molecule has 1 aliphatic heterocycles. The normalized spacial score (nSPS) is 30.4. The lowest BCUT2D eigenvalue weighted by molar-refractivity contribution is -0.140. The molecule has 4 aliphatic carbocycles. The molecule has 7 heteroatoms. The van der Waals surface area contributed by atoms with E-state index in [2.05, 4.69) is 12.2 Å². The number of nitrogens with zero attached hydrogens (tertiary/aromatic N) is 2. The Morgan fingerprint density at radius 2 is 1.59 bits per heavy atom. The van der Waals surface area contributed by atoms with Crippen molar-refractivity contribution in [3.63, 3.8) is 0 Å². The third kappa shape index (κ3) is 3.17. The molecule has 2 bridgehead atoms. The average Bonchev–Trinajstić information content (AvgIpc) is 3.60. The van der Waals surface area contributed by atoms with E-state index in [9.17, 15) is 14.4 Å². The summed E-state index contributed by atoms with van der Waals surface area (Å²) in [5, 5.41) is 0.627. The number of halogens is 2. The minimum absolute atomic E-state index is 0.122. The van der Waals surface area contributed by atoms with Crippen LogP contribution in [0.5, 0.6) is 0 Å². The van der Waals surface area contributed by atoms with Gasteiger partial charge in [-0.3, -0.25) is 24.2 Å². The molecule has 2 saturated carbocycles. The van der Waals surface area contributed by atoms with Crippen LogP contribution in [0.2, 0.25) is 10.0 Å². The van der Waals surface area contributed by atoms with Gasteiger partial charge in [-0.05, 0) is 79.3 Å². The number of hydrogen-bond acceptors (Lipinski definition) is 3. The van der Waals surface area contributed by atoms with Gasteiger partial charge in [0.25, 0.3) is 5.91 Å². The van der Waals surface area contributed by atoms with E-state index < -0.39 is 0 Å². The fraction of sp³-hybridized carbons (Fsp3) is 0.370. The average molecular weight is 495 g/mol. The number of hydrogen-bond donors (Lipinski definition) is 0. The Kier molecular flexibility index (Phi) is 4.95. The number of anilines is 1. The summed E-state index contributed by atoms with van der Waals surface area (Å²) in [6, 6.07) is 10.5. The van der Waals surface area contributed by atoms with Crippen molar-refractivity contribution in [2.45, 2.75) is 20.3 Å². The summed E-state index contributed by atoms with van der Waals surface area (Å²) in [6.45, 7) is 3.74. The molecular weight excluding hydrogens is 471 g/mol. The van der Waals surface area contributed by atoms with Crippen LogP contribution >= 0.6 is 23.2 Å². The van der Waals surface area contributed by atoms with E-state index in [-0.39, 0.29) is 53.1 Å². The van der Waals surface area contributed by atoms with Crippen LogP contribution in [0, 0.1) is 49.4 Å². The second-order valence-electron chi connectivity index (χ2n) is 10.1. The fourth-order valence-electron chi connectivity index (χ4n) is 6.34. The lowest BCUT2D eigenvalue weighted by atomic mass is 9.63. The number of imide groups is 1. The van der Waals surface area contributed by atoms with Gasteiger partial charge in [-0.1, -0.05) is 47.5 Å². The van der Waals surface area contributed by atoms with Gasteiger partial charge in [0.05, 0.1) is 21.9 Å². The molecule has 2 aromatic carbocycles. The van der Waals surface area contributed by atoms with Crippen molar-refractivity contribution in [3.05, 3.63) is 75.3 Å². The molecule has 0 N–H and O–H groups in total. The SMILES string of the molecule is Cc1ccc(C)c(N(CN2C(=O)C3C4C=CC(C5CC45)C3C2=O)C(=O)c2ccc(Cl)c(Cl)c2)c1. The Labute approximate surface area is 208 Å². The van der Waals surface area contributed by atoms with Crippen molar-refractivity contribution >= 4 is 46.6 Å². The number of carbonyl (C=O) groups is 3. The quantitative estimate of drug-likeness (QED) is 0.429. The summed E-state index contributed by atoms with van der Waals surface area (Å²) < 4.78 is 0. The van der Waals surface area contributed by atoms with Gasteiger partial charge in [0.2, 0.25) is 11.8 Å². The van der Waals surface area contributed by atoms with Gasteiger partial charge in [0.15, 0.2) is 0 Å². The minimum Gasteiger partial charge on any atom is -0.289 e. The number of carbonyl (C=O) groups excluding carboxylic acids is 3. The van der Waals surface area contributed by atoms with Crippen molar-refractivity contribution in [3.8, 4) is 0 Å². The van der Waals surface area contributed by atoms with Crippen LogP contribution in [0.25, 0.3) is 0 Å². The molecule has 7 rings (SSSR count). The zero-order valence-electron chi connectivity index (χ0n) is 18.9. The molecule has 1 heterocycles. The summed E-state index contributed by atoms with van der Waals surface area (Å²) >= 11 is 12.3. The molecule has 2 aromatic rings. The predicted molar refractivity (Wildman–Crippen MR) is 131 cm³/mol. The molecule has 5 nitrogen and oxygen atoms in total. The zero-order chi connectivity index (χ0) is 23.9. The van der Waals surface area contributed by atoms with E-state index in [1.165, 1.54) is 15.9 Å². The molecule has 34 heavy (non-hydrogen) atoms. The van der Waals surface area contributed by atoms with Gasteiger partial charge in [0, 0.05) is 11.3 Å². The Morgan fingerprint density at radius 3 is 2.21 bits per heavy atom. The summed E-state index contributed by atoms with van der Waals surface area (Å²) in [5.74, 6) is 0.0868. The number of amides is 3. The van der Waals surface area contributed by atoms with E-state index in [4.69, 9.17) is 23.2 Å². The van der Waals surface area contributed by atoms with E-state index in [1.54, 1.807) is 12.1 Å². The van der Waals surface area contributed by atoms with Crippen LogP contribution in [0.15, 0.2) is 48.6 Å². The predicted octanol–water partition coefficient (Wildman–Crippen LogP) is 5.27. The van der Waals surface area contributed by atoms with Crippen molar-refractivity contribution in [1.82, 2.24) is 4.90 Å². The first-order valence-electron chi connectivity index (χ1n) is 11.6. The molecule has 3 fully saturated rings. The molecular formula is C27H24Cl2N2O3. The second kappa shape index (κ2) is 7.69. The summed E-state index contributed by atoms with van der Waals surface area (Å²) in [6.07, 6.45) is 5.41. The molecule has 174 valence electrons. The third-order valence-electron chi connectivity index (χ3n) is 8.10. The smallest absolute Gasteiger partial charge is 0.259 e. The van der Waals surface area contributed by atoms with Crippen LogP contribution in [-0.2, 0) is 9.59 Å². The zero-order valence-corrected chi connectivity index (χ0v) is 20.4. The van der Waals surface area contributed by atoms with Crippen molar-refractivity contribution in [2.75, 3.05) is 11.6 Å². The molecule has 1 saturated heterocycles. The Morgan fingerprint density at radius 1 is 0.941 bits per heavy atom. The molecule has 0 radical (unpaired) electrons. The second-order valence-corrected chi connectivity index (χ2v) is 10.9. The summed E-state index contributed by atoms with van der Waals surface area (Å²) in [7, 11) is 0. The lowest BCUT2D eigenvalue weighted by Gasteiger charge is -2.37. The highest BCUT2D eigenvalue weighted by atomic mass is 35.5. The Balaban J connectivity index is 1.38. The Bertz CT molecular complexity index is 1250. The highest BCUT2D eigenvalue weighted by molar-refractivity contribution is 6.42. The van der Waals surface area contributed by atoms with Crippen LogP contribution in [0.1, 0.15) is 27.9 Å². The molecule has 0 aromatic heterocycles. The number of benzene rings is 2. The number of rotatable bonds is 4. The topological polar surface area (TPSA) is 57.7 Å². The third-order valence-corrected chi connectivity index (χ3v) is 8.84. The minimum atomic E-state index is -0.341. The maximum atomic E-state index is 13.8. The molecule has 3 amide bonds. The van der Waals surface area contributed by atoms with Crippen molar-refractivity contribution < 1.29 is 14.4 Å². The van der Waals surface area contributed by atoms with Crippen LogP contribution < -0.4 is 4.90 Å². The highest BCUT2D eigenvalue weighted by Crippen LogP contribution is 2.65. The Hall–Kier alpha value is -2.63. The van der Waals surface area contributed by atoms with Crippen LogP contribution in [-0.4, -0.2) is 29.3 Å². The van der Waals surface area contributed by atoms with E-state index >= 15 is 0 Å². The van der Waals surface area contributed by atoms with Crippen LogP contribution in [0.3, 0.4) is 0 Å². The van der Waals surface area contributed by atoms with E-state index in [0.29, 0.717) is 28.1 Å². The number of likely N-dealkylation sites (tertiary alicyclic amines) is 1. The van der Waals surface area contributed by atoms with Gasteiger partial charge < -0.3 is 0 Å². The number of aryl methyl sites for hydroxylation is 2. The number of allylic oxidation sites excluding steroid dienone is 2. The first kappa shape index (κ1) is 21.9. The molecule has 5 aliphatic rings. The van der Waals surface area contributed by atoms with E-state index in [0.717, 1.165) is 17.5 Å². The van der Waals surface area contributed by atoms with Gasteiger partial charge in [-0.25, -0.2) is 0 Å². The standard InChI is InChI=1S/C27H24Cl2N2O3/c1-13-3-4-14(2)22(9-13)30(25(32)15-5-8-20(28)21(29)10-15)12-31-26(33)23-16-6-7-17(19-11-18(16)19)24(23)27(31)34/h3-10,16-19,23-24H,11-12H2,1-2H3. The molecule has 0 spiro atoms. The molecule has 6 atom stereocenters. The maximum absolute atomic E-state index is 13.8. The lowest BCUT2D eigenvalue weighted by Crippen LogP contribution is -2.45.